The Bertz CT molecular complexity index is 1410. The standard InChI is InChI=1S/C8H14N2.C7H13N3.C6H9FN2.2C6H11N3/c1-4-8-9-5-6-10(8)7(2)3;1-4-10-7(6(2)3)8-5-9-10;1-5(2)9-4-6(7)3-8-9;1-5(2)6-7-4-8-9(6)3;1-5(2)9-6(3)7-4-8-9/h5-7H,4H2,1-3H3;5-6H,4H2,1-3H3;3-5H,1-2H3;2*4-5H,1-3H3. The number of aryl methyl sites for hydroxylation is 4. The normalized spacial score (nSPS) is 10.7. The van der Waals surface area contributed by atoms with Gasteiger partial charge in [0, 0.05) is 62.4 Å². The first-order chi connectivity index (χ1) is 22.1. The molecule has 5 aromatic heterocycles. The van der Waals surface area contributed by atoms with Crippen molar-refractivity contribution in [2.75, 3.05) is 0 Å². The van der Waals surface area contributed by atoms with Crippen molar-refractivity contribution in [1.29, 1.82) is 0 Å². The van der Waals surface area contributed by atoms with Gasteiger partial charge in [0.15, 0.2) is 5.82 Å². The third-order valence-corrected chi connectivity index (χ3v) is 6.69. The summed E-state index contributed by atoms with van der Waals surface area (Å²) in [7, 11) is 1.91. The highest BCUT2D eigenvalue weighted by molar-refractivity contribution is 4.93. The van der Waals surface area contributed by atoms with Gasteiger partial charge in [-0.1, -0.05) is 34.6 Å². The molecule has 0 aliphatic rings. The van der Waals surface area contributed by atoms with Crippen molar-refractivity contribution in [2.45, 2.75) is 133 Å². The third kappa shape index (κ3) is 14.0. The van der Waals surface area contributed by atoms with E-state index in [1.54, 1.807) is 28.3 Å². The zero-order valence-corrected chi connectivity index (χ0v) is 31.0. The predicted octanol–water partition coefficient (Wildman–Crippen LogP) is 7.16. The van der Waals surface area contributed by atoms with Crippen LogP contribution in [0.5, 0.6) is 0 Å². The SMILES string of the molecule is CC(C)c1ncnn1C.CC(C)n1cc(F)cn1.CCc1nccn1C(C)C.CCn1ncnc1C(C)C.Cc1ncnn1C(C)C. The van der Waals surface area contributed by atoms with E-state index in [1.807, 2.05) is 49.6 Å². The maximum atomic E-state index is 12.2. The van der Waals surface area contributed by atoms with Crippen LogP contribution in [0.1, 0.15) is 136 Å². The van der Waals surface area contributed by atoms with Crippen LogP contribution < -0.4 is 0 Å². The summed E-state index contributed by atoms with van der Waals surface area (Å²) in [4.78, 5) is 16.4. The summed E-state index contributed by atoms with van der Waals surface area (Å²) < 4.78 is 21.6. The molecule has 0 radical (unpaired) electrons. The lowest BCUT2D eigenvalue weighted by molar-refractivity contribution is 0.516. The highest BCUT2D eigenvalue weighted by Gasteiger charge is 2.06. The summed E-state index contributed by atoms with van der Waals surface area (Å²) in [6, 6.07) is 1.21. The maximum Gasteiger partial charge on any atom is 0.161 e. The predicted molar refractivity (Wildman–Crippen MR) is 185 cm³/mol. The molecule has 0 bridgehead atoms. The van der Waals surface area contributed by atoms with Crippen molar-refractivity contribution in [1.82, 2.24) is 63.6 Å². The Labute approximate surface area is 280 Å². The monoisotopic (exact) mass is 655 g/mol. The Morgan fingerprint density at radius 2 is 1.30 bits per heavy atom. The number of imidazole rings is 1. The minimum Gasteiger partial charge on any atom is -0.332 e. The Kier molecular flexibility index (Phi) is 18.1. The van der Waals surface area contributed by atoms with E-state index < -0.39 is 0 Å². The lowest BCUT2D eigenvalue weighted by Crippen LogP contribution is -2.04. The van der Waals surface area contributed by atoms with E-state index in [2.05, 4.69) is 114 Å². The fraction of sp³-hybridized carbons (Fsp3) is 0.636. The minimum absolute atomic E-state index is 0.245. The second-order valence-corrected chi connectivity index (χ2v) is 12.3. The van der Waals surface area contributed by atoms with Crippen LogP contribution in [0, 0.1) is 12.7 Å². The molecule has 0 saturated heterocycles. The fourth-order valence-corrected chi connectivity index (χ4v) is 4.29. The van der Waals surface area contributed by atoms with Crippen LogP contribution in [0.3, 0.4) is 0 Å². The Morgan fingerprint density at radius 1 is 0.702 bits per heavy atom. The molecule has 0 atom stereocenters. The van der Waals surface area contributed by atoms with Crippen molar-refractivity contribution in [3.63, 3.8) is 0 Å². The molecule has 0 aliphatic heterocycles. The number of halogens is 1. The smallest absolute Gasteiger partial charge is 0.161 e. The van der Waals surface area contributed by atoms with Gasteiger partial charge < -0.3 is 4.57 Å². The molecule has 0 saturated carbocycles. The van der Waals surface area contributed by atoms with E-state index in [9.17, 15) is 4.39 Å². The van der Waals surface area contributed by atoms with Gasteiger partial charge in [0.1, 0.15) is 42.3 Å². The number of aromatic nitrogens is 13. The summed E-state index contributed by atoms with van der Waals surface area (Å²) >= 11 is 0. The molecule has 5 heterocycles. The van der Waals surface area contributed by atoms with Gasteiger partial charge in [-0.3, -0.25) is 14.0 Å². The highest BCUT2D eigenvalue weighted by atomic mass is 19.1. The molecule has 262 valence electrons. The van der Waals surface area contributed by atoms with Gasteiger partial charge in [-0.2, -0.15) is 20.4 Å². The van der Waals surface area contributed by atoms with Crippen LogP contribution in [-0.2, 0) is 20.0 Å². The highest BCUT2D eigenvalue weighted by Crippen LogP contribution is 2.10. The van der Waals surface area contributed by atoms with Gasteiger partial charge in [0.2, 0.25) is 0 Å². The third-order valence-electron chi connectivity index (χ3n) is 6.69. The van der Waals surface area contributed by atoms with E-state index in [1.165, 1.54) is 18.2 Å². The van der Waals surface area contributed by atoms with Crippen molar-refractivity contribution >= 4 is 0 Å². The molecule has 0 spiro atoms. The Hall–Kier alpha value is -4.23. The largest absolute Gasteiger partial charge is 0.332 e. The van der Waals surface area contributed by atoms with E-state index in [0.717, 1.165) is 30.4 Å². The van der Waals surface area contributed by atoms with Crippen molar-refractivity contribution in [2.24, 2.45) is 7.05 Å². The van der Waals surface area contributed by atoms with Crippen LogP contribution in [0.2, 0.25) is 0 Å². The van der Waals surface area contributed by atoms with Crippen LogP contribution in [0.15, 0.2) is 43.8 Å². The molecular weight excluding hydrogens is 597 g/mol. The zero-order valence-electron chi connectivity index (χ0n) is 31.0. The first kappa shape index (κ1) is 40.8. The van der Waals surface area contributed by atoms with E-state index >= 15 is 0 Å². The average Bonchev–Trinajstić information content (AvgIpc) is 3.84. The Morgan fingerprint density at radius 3 is 1.60 bits per heavy atom. The second kappa shape index (κ2) is 20.8. The summed E-state index contributed by atoms with van der Waals surface area (Å²) in [5.41, 5.74) is 0. The molecule has 0 N–H and O–H groups in total. The summed E-state index contributed by atoms with van der Waals surface area (Å²) in [5.74, 6) is 4.93. The van der Waals surface area contributed by atoms with Crippen molar-refractivity contribution in [3.8, 4) is 0 Å². The molecule has 0 unspecified atom stereocenters. The van der Waals surface area contributed by atoms with E-state index in [0.29, 0.717) is 23.9 Å². The summed E-state index contributed by atoms with van der Waals surface area (Å²) in [5, 5.41) is 15.8. The van der Waals surface area contributed by atoms with Crippen molar-refractivity contribution < 1.29 is 4.39 Å². The van der Waals surface area contributed by atoms with Gasteiger partial charge >= 0.3 is 0 Å². The van der Waals surface area contributed by atoms with E-state index in [4.69, 9.17) is 0 Å². The topological polar surface area (TPSA) is 128 Å². The molecule has 0 aromatic carbocycles. The molecule has 13 nitrogen and oxygen atoms in total. The van der Waals surface area contributed by atoms with Gasteiger partial charge in [0.25, 0.3) is 0 Å². The maximum absolute atomic E-state index is 12.2. The van der Waals surface area contributed by atoms with Crippen LogP contribution >= 0.6 is 0 Å². The molecule has 14 heteroatoms. The number of rotatable bonds is 7. The van der Waals surface area contributed by atoms with Crippen LogP contribution in [0.25, 0.3) is 0 Å². The van der Waals surface area contributed by atoms with Gasteiger partial charge in [-0.25, -0.2) is 29.0 Å². The lowest BCUT2D eigenvalue weighted by atomic mass is 10.2. The first-order valence-corrected chi connectivity index (χ1v) is 16.4. The van der Waals surface area contributed by atoms with Gasteiger partial charge in [0.05, 0.1) is 12.4 Å². The van der Waals surface area contributed by atoms with Gasteiger partial charge in [-0.15, -0.1) is 0 Å². The lowest BCUT2D eigenvalue weighted by Gasteiger charge is -2.08. The van der Waals surface area contributed by atoms with Gasteiger partial charge in [-0.05, 0) is 55.4 Å². The molecule has 0 amide bonds. The Balaban J connectivity index is 0.000000294. The number of hydrogen-bond donors (Lipinski definition) is 0. The average molecular weight is 656 g/mol. The molecule has 5 aromatic rings. The molecule has 0 aliphatic carbocycles. The molecule has 0 fully saturated rings. The fourth-order valence-electron chi connectivity index (χ4n) is 4.29. The minimum atomic E-state index is -0.274. The number of hydrogen-bond acceptors (Lipinski definition) is 8. The van der Waals surface area contributed by atoms with Crippen LogP contribution in [0.4, 0.5) is 4.39 Å². The molecule has 47 heavy (non-hydrogen) atoms. The summed E-state index contributed by atoms with van der Waals surface area (Å²) in [6.07, 6.45) is 12.3. The first-order valence-electron chi connectivity index (χ1n) is 16.4. The zero-order chi connectivity index (χ0) is 35.7. The second-order valence-electron chi connectivity index (χ2n) is 12.3. The number of nitrogens with zero attached hydrogens (tertiary/aromatic N) is 13. The van der Waals surface area contributed by atoms with Crippen molar-refractivity contribution in [3.05, 3.63) is 72.9 Å². The summed E-state index contributed by atoms with van der Waals surface area (Å²) in [6.45, 7) is 27.9. The molecular formula is C33H58FN13. The van der Waals surface area contributed by atoms with E-state index in [-0.39, 0.29) is 11.9 Å². The van der Waals surface area contributed by atoms with Crippen LogP contribution in [-0.4, -0.2) is 63.6 Å². The molecule has 5 rings (SSSR count). The quantitative estimate of drug-likeness (QED) is 0.181.